The monoisotopic (exact) mass is 449 g/mol. The summed E-state index contributed by atoms with van der Waals surface area (Å²) in [5, 5.41) is 0.916. The second kappa shape index (κ2) is 11.0. The lowest BCUT2D eigenvalue weighted by atomic mass is 9.88. The van der Waals surface area contributed by atoms with Crippen molar-refractivity contribution >= 4 is 27.1 Å². The molecule has 0 bridgehead atoms. The molecule has 0 aliphatic heterocycles. The Labute approximate surface area is 183 Å². The summed E-state index contributed by atoms with van der Waals surface area (Å²) in [6, 6.07) is 29.8. The van der Waals surface area contributed by atoms with E-state index in [1.165, 1.54) is 27.8 Å². The van der Waals surface area contributed by atoms with Crippen molar-refractivity contribution in [2.24, 2.45) is 0 Å². The Balaban J connectivity index is 2.02. The number of rotatable bonds is 9. The van der Waals surface area contributed by atoms with Crippen molar-refractivity contribution in [3.8, 4) is 5.75 Å². The number of allylic oxidation sites excluding steroid dienone is 1. The minimum absolute atomic E-state index is 0.687. The molecule has 0 spiro atoms. The fourth-order valence-corrected chi connectivity index (χ4v) is 3.73. The van der Waals surface area contributed by atoms with E-state index in [1.807, 2.05) is 0 Å². The third-order valence-electron chi connectivity index (χ3n) is 4.78. The highest BCUT2D eigenvalue weighted by Crippen LogP contribution is 2.35. The zero-order chi connectivity index (χ0) is 20.5. The van der Waals surface area contributed by atoms with Gasteiger partial charge in [-0.25, -0.2) is 0 Å². The Morgan fingerprint density at radius 2 is 1.31 bits per heavy atom. The molecule has 0 radical (unpaired) electrons. The lowest BCUT2D eigenvalue weighted by Gasteiger charge is -2.17. The molecule has 3 aromatic carbocycles. The van der Waals surface area contributed by atoms with Crippen LogP contribution in [0.2, 0.25) is 0 Å². The molecular weight excluding hydrogens is 422 g/mol. The zero-order valence-electron chi connectivity index (χ0n) is 17.1. The summed E-state index contributed by atoms with van der Waals surface area (Å²) in [5.41, 5.74) is 6.31. The molecule has 0 saturated heterocycles. The Bertz CT molecular complexity index is 902. The van der Waals surface area contributed by atoms with Gasteiger partial charge in [0, 0.05) is 11.9 Å². The van der Waals surface area contributed by atoms with Crippen LogP contribution < -0.4 is 4.74 Å². The van der Waals surface area contributed by atoms with Crippen LogP contribution in [0.1, 0.15) is 23.1 Å². The van der Waals surface area contributed by atoms with Crippen molar-refractivity contribution in [3.05, 3.63) is 102 Å². The lowest BCUT2D eigenvalue weighted by Crippen LogP contribution is -2.19. The van der Waals surface area contributed by atoms with Gasteiger partial charge in [0.15, 0.2) is 0 Å². The number of hydrogen-bond donors (Lipinski definition) is 0. The molecule has 3 rings (SSSR count). The number of alkyl halides is 1. The molecule has 0 atom stereocenters. The Morgan fingerprint density at radius 3 is 1.86 bits per heavy atom. The number of nitrogens with zero attached hydrogens (tertiary/aromatic N) is 1. The predicted molar refractivity (Wildman–Crippen MR) is 128 cm³/mol. The molecule has 29 heavy (non-hydrogen) atoms. The highest BCUT2D eigenvalue weighted by Gasteiger charge is 2.14. The van der Waals surface area contributed by atoms with Crippen LogP contribution in [-0.4, -0.2) is 37.5 Å². The van der Waals surface area contributed by atoms with Gasteiger partial charge in [0.25, 0.3) is 0 Å². The summed E-state index contributed by atoms with van der Waals surface area (Å²) in [4.78, 5) is 2.12. The van der Waals surface area contributed by atoms with E-state index >= 15 is 0 Å². The molecule has 0 aliphatic rings. The van der Waals surface area contributed by atoms with Crippen LogP contribution >= 0.6 is 15.9 Å². The summed E-state index contributed by atoms with van der Waals surface area (Å²) in [5.74, 6) is 0.907. The van der Waals surface area contributed by atoms with Crippen LogP contribution in [0.5, 0.6) is 5.75 Å². The van der Waals surface area contributed by atoms with E-state index in [-0.39, 0.29) is 0 Å². The SMILES string of the molecule is CN(C)CCOc1ccc(/C(=C(/CCBr)c2ccccc2)c2ccccc2)cc1. The third-order valence-corrected chi connectivity index (χ3v) is 5.18. The fourth-order valence-electron chi connectivity index (χ4n) is 3.33. The molecule has 150 valence electrons. The zero-order valence-corrected chi connectivity index (χ0v) is 18.7. The third kappa shape index (κ3) is 6.06. The summed E-state index contributed by atoms with van der Waals surface area (Å²) < 4.78 is 5.88. The fraction of sp³-hybridized carbons (Fsp3) is 0.231. The molecule has 0 unspecified atom stereocenters. The quantitative estimate of drug-likeness (QED) is 0.277. The van der Waals surface area contributed by atoms with Crippen molar-refractivity contribution in [1.29, 1.82) is 0 Å². The van der Waals surface area contributed by atoms with Gasteiger partial charge in [0.2, 0.25) is 0 Å². The molecule has 0 N–H and O–H groups in total. The summed E-state index contributed by atoms with van der Waals surface area (Å²) in [6.45, 7) is 1.59. The standard InChI is InChI=1S/C26H28BrNO/c1-28(2)19-20-29-24-15-13-23(14-16-24)26(22-11-7-4-8-12-22)25(17-18-27)21-9-5-3-6-10-21/h3-16H,17-20H2,1-2H3/b26-25-. The molecule has 0 fully saturated rings. The number of likely N-dealkylation sites (N-methyl/N-ethyl adjacent to an activating group) is 1. The maximum Gasteiger partial charge on any atom is 0.119 e. The normalized spacial score (nSPS) is 12.0. The first kappa shape index (κ1) is 21.4. The molecule has 0 saturated carbocycles. The Hall–Kier alpha value is -2.36. The van der Waals surface area contributed by atoms with Crippen molar-refractivity contribution in [3.63, 3.8) is 0 Å². The maximum absolute atomic E-state index is 5.88. The van der Waals surface area contributed by atoms with Crippen LogP contribution in [0.4, 0.5) is 0 Å². The Morgan fingerprint density at radius 1 is 0.759 bits per heavy atom. The second-order valence-corrected chi connectivity index (χ2v) is 7.99. The molecule has 0 aliphatic carbocycles. The van der Waals surface area contributed by atoms with Crippen LogP contribution in [0.15, 0.2) is 84.9 Å². The average Bonchev–Trinajstić information content (AvgIpc) is 2.75. The minimum Gasteiger partial charge on any atom is -0.492 e. The molecule has 3 heteroatoms. The van der Waals surface area contributed by atoms with Crippen molar-refractivity contribution in [1.82, 2.24) is 4.90 Å². The average molecular weight is 450 g/mol. The van der Waals surface area contributed by atoms with Gasteiger partial charge >= 0.3 is 0 Å². The topological polar surface area (TPSA) is 12.5 Å². The summed E-state index contributed by atoms with van der Waals surface area (Å²) >= 11 is 3.65. The van der Waals surface area contributed by atoms with Gasteiger partial charge in [-0.3, -0.25) is 0 Å². The maximum atomic E-state index is 5.88. The number of ether oxygens (including phenoxy) is 1. The largest absolute Gasteiger partial charge is 0.492 e. The highest BCUT2D eigenvalue weighted by molar-refractivity contribution is 9.09. The van der Waals surface area contributed by atoms with Gasteiger partial charge in [0.05, 0.1) is 0 Å². The van der Waals surface area contributed by atoms with Gasteiger partial charge < -0.3 is 9.64 Å². The number of benzene rings is 3. The predicted octanol–water partition coefficient (Wildman–Crippen LogP) is 6.37. The molecule has 0 amide bonds. The summed E-state index contributed by atoms with van der Waals surface area (Å²) in [6.07, 6.45) is 0.954. The van der Waals surface area contributed by atoms with Crippen molar-refractivity contribution in [2.75, 3.05) is 32.6 Å². The van der Waals surface area contributed by atoms with E-state index in [0.29, 0.717) is 6.61 Å². The minimum atomic E-state index is 0.687. The van der Waals surface area contributed by atoms with E-state index < -0.39 is 0 Å². The van der Waals surface area contributed by atoms with E-state index in [4.69, 9.17) is 4.74 Å². The van der Waals surface area contributed by atoms with E-state index in [9.17, 15) is 0 Å². The van der Waals surface area contributed by atoms with Crippen molar-refractivity contribution < 1.29 is 4.74 Å². The van der Waals surface area contributed by atoms with Crippen LogP contribution in [0.25, 0.3) is 11.1 Å². The highest BCUT2D eigenvalue weighted by atomic mass is 79.9. The first-order valence-electron chi connectivity index (χ1n) is 9.97. The van der Waals surface area contributed by atoms with Crippen LogP contribution in [-0.2, 0) is 0 Å². The Kier molecular flexibility index (Phi) is 8.09. The first-order valence-corrected chi connectivity index (χ1v) is 11.1. The lowest BCUT2D eigenvalue weighted by molar-refractivity contribution is 0.261. The van der Waals surface area contributed by atoms with Gasteiger partial charge in [-0.1, -0.05) is 88.7 Å². The van der Waals surface area contributed by atoms with Crippen LogP contribution in [0.3, 0.4) is 0 Å². The van der Waals surface area contributed by atoms with E-state index in [0.717, 1.165) is 24.0 Å². The van der Waals surface area contributed by atoms with Gasteiger partial charge in [0.1, 0.15) is 12.4 Å². The smallest absolute Gasteiger partial charge is 0.119 e. The van der Waals surface area contributed by atoms with E-state index in [2.05, 4.69) is 120 Å². The molecule has 0 heterocycles. The molecule has 2 nitrogen and oxygen atoms in total. The first-order chi connectivity index (χ1) is 14.2. The van der Waals surface area contributed by atoms with Gasteiger partial charge in [-0.2, -0.15) is 0 Å². The molecular formula is C26H28BrNO. The van der Waals surface area contributed by atoms with Crippen LogP contribution in [0, 0.1) is 0 Å². The van der Waals surface area contributed by atoms with Gasteiger partial charge in [-0.05, 0) is 60.5 Å². The molecule has 3 aromatic rings. The second-order valence-electron chi connectivity index (χ2n) is 7.20. The van der Waals surface area contributed by atoms with Gasteiger partial charge in [-0.15, -0.1) is 0 Å². The van der Waals surface area contributed by atoms with Crippen molar-refractivity contribution in [2.45, 2.75) is 6.42 Å². The number of halogens is 1. The summed E-state index contributed by atoms with van der Waals surface area (Å²) in [7, 11) is 4.11. The molecule has 0 aromatic heterocycles. The number of hydrogen-bond acceptors (Lipinski definition) is 2. The van der Waals surface area contributed by atoms with E-state index in [1.54, 1.807) is 0 Å².